The molecule has 0 atom stereocenters. The molecule has 49 heavy (non-hydrogen) atoms. The second-order valence-electron chi connectivity index (χ2n) is 11.6. The third-order valence-electron chi connectivity index (χ3n) is 7.96. The Hall–Kier alpha value is -4.15. The molecule has 0 unspecified atom stereocenters. The highest BCUT2D eigenvalue weighted by Crippen LogP contribution is 2.35. The number of rotatable bonds is 16. The molecule has 2 aromatic carbocycles. The highest BCUT2D eigenvalue weighted by atomic mass is 32.2. The molecule has 0 bridgehead atoms. The number of fused-ring (bicyclic) bond motifs is 1. The molecular formula is C34H41N5O8S2. The van der Waals surface area contributed by atoms with Crippen LogP contribution in [0.15, 0.2) is 64.0 Å². The zero-order valence-corrected chi connectivity index (χ0v) is 30.1. The molecule has 0 aliphatic carbocycles. The van der Waals surface area contributed by atoms with Crippen LogP contribution in [-0.4, -0.2) is 63.2 Å². The molecule has 0 saturated carbocycles. The van der Waals surface area contributed by atoms with Gasteiger partial charge in [-0.05, 0) is 62.1 Å². The molecular weight excluding hydrogens is 671 g/mol. The fourth-order valence-corrected chi connectivity index (χ4v) is 7.39. The molecule has 0 N–H and O–H groups in total. The lowest BCUT2D eigenvalue weighted by Crippen LogP contribution is -2.34. The average Bonchev–Trinajstić information content (AvgIpc) is 3.58. The van der Waals surface area contributed by atoms with E-state index in [1.54, 1.807) is 44.2 Å². The Morgan fingerprint density at radius 1 is 0.939 bits per heavy atom. The molecule has 5 rings (SSSR count). The summed E-state index contributed by atoms with van der Waals surface area (Å²) in [6, 6.07) is 16.2. The summed E-state index contributed by atoms with van der Waals surface area (Å²) < 4.78 is 76.4. The molecule has 0 amide bonds. The Bertz CT molecular complexity index is 2160. The summed E-state index contributed by atoms with van der Waals surface area (Å²) >= 11 is 0. The van der Waals surface area contributed by atoms with Crippen LogP contribution >= 0.6 is 0 Å². The van der Waals surface area contributed by atoms with Crippen molar-refractivity contribution in [3.63, 3.8) is 0 Å². The number of methoxy groups -OCH3 is 1. The first-order valence-corrected chi connectivity index (χ1v) is 19.1. The van der Waals surface area contributed by atoms with Crippen LogP contribution in [0.4, 0.5) is 5.82 Å². The summed E-state index contributed by atoms with van der Waals surface area (Å²) in [6.07, 6.45) is 2.57. The lowest BCUT2D eigenvalue weighted by Gasteiger charge is -2.23. The monoisotopic (exact) mass is 711 g/mol. The summed E-state index contributed by atoms with van der Waals surface area (Å²) in [5.74, 6) is 1.51. The number of ether oxygens (including phenoxy) is 2. The summed E-state index contributed by atoms with van der Waals surface area (Å²) in [5.41, 5.74) is 5.28. The molecule has 3 heterocycles. The maximum Gasteiger partial charge on any atom is 0.268 e. The zero-order valence-electron chi connectivity index (χ0n) is 28.5. The van der Waals surface area contributed by atoms with Crippen LogP contribution in [0.1, 0.15) is 54.2 Å². The first kappa shape index (κ1) is 36.1. The number of aryl methyl sites for hydroxylation is 2. The fraction of sp³-hybridized carbons (Fsp3) is 0.382. The third kappa shape index (κ3) is 8.02. The van der Waals surface area contributed by atoms with Crippen molar-refractivity contribution in [3.8, 4) is 11.1 Å². The van der Waals surface area contributed by atoms with Gasteiger partial charge in [0.15, 0.2) is 11.5 Å². The minimum Gasteiger partial charge on any atom is -0.377 e. The van der Waals surface area contributed by atoms with Gasteiger partial charge in [-0.1, -0.05) is 48.5 Å². The van der Waals surface area contributed by atoms with Gasteiger partial charge in [-0.3, -0.25) is 4.18 Å². The van der Waals surface area contributed by atoms with E-state index in [9.17, 15) is 16.8 Å². The van der Waals surface area contributed by atoms with Gasteiger partial charge in [0.05, 0.1) is 30.0 Å². The number of hydrogen-bond acceptors (Lipinski definition) is 11. The number of benzene rings is 2. The molecule has 0 aliphatic heterocycles. The van der Waals surface area contributed by atoms with Crippen LogP contribution in [0.25, 0.3) is 22.3 Å². The Morgan fingerprint density at radius 2 is 1.71 bits per heavy atom. The van der Waals surface area contributed by atoms with Crippen LogP contribution in [0, 0.1) is 13.8 Å². The van der Waals surface area contributed by atoms with Gasteiger partial charge in [-0.2, -0.15) is 8.42 Å². The molecule has 13 nitrogen and oxygen atoms in total. The molecule has 0 spiro atoms. The topological polar surface area (TPSA) is 156 Å². The van der Waals surface area contributed by atoms with Gasteiger partial charge in [0.25, 0.3) is 20.1 Å². The van der Waals surface area contributed by atoms with Crippen molar-refractivity contribution < 1.29 is 35.0 Å². The van der Waals surface area contributed by atoms with E-state index in [0.717, 1.165) is 33.9 Å². The molecule has 0 aliphatic rings. The summed E-state index contributed by atoms with van der Waals surface area (Å²) in [7, 11) is -6.39. The van der Waals surface area contributed by atoms with Gasteiger partial charge in [-0.25, -0.2) is 22.7 Å². The molecule has 0 radical (unpaired) electrons. The van der Waals surface area contributed by atoms with Crippen LogP contribution in [-0.2, 0) is 60.0 Å². The number of pyridine rings is 1. The minimum atomic E-state index is -4.17. The van der Waals surface area contributed by atoms with Crippen LogP contribution in [0.5, 0.6) is 0 Å². The first-order chi connectivity index (χ1) is 23.4. The van der Waals surface area contributed by atoms with Gasteiger partial charge in [-0.15, -0.1) is 0 Å². The maximum absolute atomic E-state index is 14.3. The predicted molar refractivity (Wildman–Crippen MR) is 185 cm³/mol. The molecule has 3 aromatic heterocycles. The Morgan fingerprint density at radius 3 is 2.39 bits per heavy atom. The van der Waals surface area contributed by atoms with Crippen molar-refractivity contribution in [1.29, 1.82) is 0 Å². The van der Waals surface area contributed by atoms with Crippen LogP contribution < -0.4 is 4.31 Å². The Kier molecular flexibility index (Phi) is 11.2. The zero-order chi connectivity index (χ0) is 35.3. The highest BCUT2D eigenvalue weighted by molar-refractivity contribution is 7.93. The van der Waals surface area contributed by atoms with Gasteiger partial charge >= 0.3 is 0 Å². The normalized spacial score (nSPS) is 12.2. The summed E-state index contributed by atoms with van der Waals surface area (Å²) in [5, 5.41) is 4.03. The summed E-state index contributed by atoms with van der Waals surface area (Å²) in [4.78, 5) is 9.60. The van der Waals surface area contributed by atoms with E-state index in [2.05, 4.69) is 12.1 Å². The quantitative estimate of drug-likeness (QED) is 0.0939. The molecule has 262 valence electrons. The van der Waals surface area contributed by atoms with E-state index in [-0.39, 0.29) is 30.7 Å². The Balaban J connectivity index is 1.58. The SMILES string of the molecule is CCCc1nc2ccc(COS(C)(=O)=O)nc2n1Cc1ccc(-c2ccccc2S(=O)(=O)N(COC)c2noc(C)c2C)c(COCC)c1. The van der Waals surface area contributed by atoms with E-state index in [0.29, 0.717) is 58.9 Å². The van der Waals surface area contributed by atoms with Gasteiger partial charge in [0, 0.05) is 31.3 Å². The molecule has 0 fully saturated rings. The lowest BCUT2D eigenvalue weighted by atomic mass is 9.97. The van der Waals surface area contributed by atoms with Crippen LogP contribution in [0.2, 0.25) is 0 Å². The number of sulfonamides is 1. The number of nitrogens with zero attached hydrogens (tertiary/aromatic N) is 5. The minimum absolute atomic E-state index is 0.0801. The third-order valence-corrected chi connectivity index (χ3v) is 10.3. The van der Waals surface area contributed by atoms with Crippen molar-refractivity contribution >= 4 is 37.1 Å². The second kappa shape index (κ2) is 15.2. The van der Waals surface area contributed by atoms with Gasteiger partial charge < -0.3 is 18.6 Å². The predicted octanol–water partition coefficient (Wildman–Crippen LogP) is 5.52. The molecule has 0 saturated heterocycles. The fourth-order valence-electron chi connectivity index (χ4n) is 5.47. The van der Waals surface area contributed by atoms with Crippen molar-refractivity contribution in [1.82, 2.24) is 19.7 Å². The van der Waals surface area contributed by atoms with Crippen molar-refractivity contribution in [2.45, 2.75) is 65.2 Å². The van der Waals surface area contributed by atoms with Crippen molar-refractivity contribution in [2.75, 3.05) is 31.0 Å². The Labute approximate surface area is 287 Å². The largest absolute Gasteiger partial charge is 0.377 e. The van der Waals surface area contributed by atoms with E-state index in [4.69, 9.17) is 28.1 Å². The number of anilines is 1. The highest BCUT2D eigenvalue weighted by Gasteiger charge is 2.32. The van der Waals surface area contributed by atoms with Gasteiger partial charge in [0.2, 0.25) is 0 Å². The van der Waals surface area contributed by atoms with Crippen molar-refractivity contribution in [2.24, 2.45) is 0 Å². The van der Waals surface area contributed by atoms with E-state index < -0.39 is 20.1 Å². The van der Waals surface area contributed by atoms with E-state index >= 15 is 0 Å². The summed E-state index contributed by atoms with van der Waals surface area (Å²) in [6.45, 7) is 8.12. The maximum atomic E-state index is 14.3. The smallest absolute Gasteiger partial charge is 0.268 e. The number of hydrogen-bond donors (Lipinski definition) is 0. The number of aromatic nitrogens is 4. The van der Waals surface area contributed by atoms with Crippen LogP contribution in [0.3, 0.4) is 0 Å². The second-order valence-corrected chi connectivity index (χ2v) is 15.0. The molecule has 5 aromatic rings. The average molecular weight is 712 g/mol. The van der Waals surface area contributed by atoms with Gasteiger partial charge in [0.1, 0.15) is 30.4 Å². The lowest BCUT2D eigenvalue weighted by molar-refractivity contribution is 0.134. The van der Waals surface area contributed by atoms with Crippen molar-refractivity contribution in [3.05, 3.63) is 88.6 Å². The standard InChI is InChI=1S/C34H41N5O8S2/c1-7-11-32-36-30-17-15-27(21-46-48(6,40)41)35-34(30)38(32)19-25-14-16-28(26(18-25)20-45-8-2)29-12-9-10-13-31(29)49(42,43)39(22-44-5)33-23(3)24(4)47-37-33/h9-10,12-18H,7-8,11,19-22H2,1-6H3. The number of imidazole rings is 1. The molecule has 15 heteroatoms. The van der Waals surface area contributed by atoms with E-state index in [1.165, 1.54) is 7.11 Å². The first-order valence-electron chi connectivity index (χ1n) is 15.8. The van der Waals surface area contributed by atoms with E-state index in [1.807, 2.05) is 35.8 Å².